The minimum atomic E-state index is 0.0644. The molecular weight excluding hydrogens is 246 g/mol. The summed E-state index contributed by atoms with van der Waals surface area (Å²) in [5.41, 5.74) is 10.2. The Labute approximate surface area is 119 Å². The van der Waals surface area contributed by atoms with Gasteiger partial charge in [0.1, 0.15) is 11.9 Å². The number of hydrogen-bond acceptors (Lipinski definition) is 2. The number of hydrogen-bond donors (Lipinski definition) is 1. The van der Waals surface area contributed by atoms with Gasteiger partial charge in [-0.2, -0.15) is 0 Å². The molecule has 0 radical (unpaired) electrons. The van der Waals surface area contributed by atoms with Crippen molar-refractivity contribution in [3.8, 4) is 5.75 Å². The van der Waals surface area contributed by atoms with Crippen molar-refractivity contribution < 1.29 is 4.74 Å². The van der Waals surface area contributed by atoms with Crippen molar-refractivity contribution in [1.29, 1.82) is 0 Å². The van der Waals surface area contributed by atoms with E-state index in [2.05, 4.69) is 30.3 Å². The zero-order valence-corrected chi connectivity index (χ0v) is 11.5. The lowest BCUT2D eigenvalue weighted by atomic mass is 9.92. The van der Waals surface area contributed by atoms with E-state index in [0.717, 1.165) is 23.7 Å². The van der Waals surface area contributed by atoms with Crippen LogP contribution in [0.2, 0.25) is 0 Å². The van der Waals surface area contributed by atoms with Crippen molar-refractivity contribution in [2.24, 2.45) is 5.73 Å². The van der Waals surface area contributed by atoms with Crippen LogP contribution in [0.25, 0.3) is 0 Å². The Kier molecular flexibility index (Phi) is 2.78. The predicted molar refractivity (Wildman–Crippen MR) is 79.8 cm³/mol. The lowest BCUT2D eigenvalue weighted by Crippen LogP contribution is -2.24. The lowest BCUT2D eigenvalue weighted by molar-refractivity contribution is 0.161. The van der Waals surface area contributed by atoms with E-state index < -0.39 is 0 Å². The van der Waals surface area contributed by atoms with Crippen molar-refractivity contribution in [2.75, 3.05) is 0 Å². The highest BCUT2D eigenvalue weighted by molar-refractivity contribution is 5.40. The Hall–Kier alpha value is -1.80. The van der Waals surface area contributed by atoms with E-state index in [0.29, 0.717) is 0 Å². The summed E-state index contributed by atoms with van der Waals surface area (Å²) >= 11 is 0. The number of fused-ring (bicyclic) bond motifs is 1. The van der Waals surface area contributed by atoms with E-state index in [1.165, 1.54) is 24.0 Å². The molecular formula is C18H19NO. The fraction of sp³-hybridized carbons (Fsp3) is 0.333. The van der Waals surface area contributed by atoms with E-state index in [1.807, 2.05) is 18.2 Å². The maximum Gasteiger partial charge on any atom is 0.126 e. The minimum Gasteiger partial charge on any atom is -0.485 e. The average molecular weight is 265 g/mol. The molecule has 4 rings (SSSR count). The maximum absolute atomic E-state index is 6.30. The van der Waals surface area contributed by atoms with Gasteiger partial charge in [-0.05, 0) is 36.0 Å². The van der Waals surface area contributed by atoms with Crippen LogP contribution in [0.5, 0.6) is 5.75 Å². The predicted octanol–water partition coefficient (Wildman–Crippen LogP) is 4.09. The molecule has 1 aliphatic carbocycles. The molecule has 2 aromatic carbocycles. The minimum absolute atomic E-state index is 0.0644. The largest absolute Gasteiger partial charge is 0.485 e. The smallest absolute Gasteiger partial charge is 0.126 e. The van der Waals surface area contributed by atoms with E-state index >= 15 is 0 Å². The molecule has 2 N–H and O–H groups in total. The van der Waals surface area contributed by atoms with Crippen LogP contribution in [-0.2, 0) is 0 Å². The maximum atomic E-state index is 6.30. The van der Waals surface area contributed by atoms with Crippen molar-refractivity contribution in [3.63, 3.8) is 0 Å². The van der Waals surface area contributed by atoms with E-state index in [1.54, 1.807) is 0 Å². The fourth-order valence-corrected chi connectivity index (χ4v) is 3.09. The standard InChI is InChI=1S/C18H19NO/c19-16-11-18(20-17-7-2-1-6-15(16)17)14-5-3-4-13(10-14)12-8-9-12/h1-7,10,12,16,18H,8-9,11,19H2. The molecule has 2 aromatic rings. The van der Waals surface area contributed by atoms with Gasteiger partial charge < -0.3 is 10.5 Å². The molecule has 1 aliphatic heterocycles. The molecule has 0 aromatic heterocycles. The Morgan fingerprint density at radius 3 is 2.60 bits per heavy atom. The molecule has 1 saturated carbocycles. The number of rotatable bonds is 2. The number of nitrogens with two attached hydrogens (primary N) is 1. The number of ether oxygens (including phenoxy) is 1. The summed E-state index contributed by atoms with van der Waals surface area (Å²) in [5, 5.41) is 0. The van der Waals surface area contributed by atoms with Crippen LogP contribution in [-0.4, -0.2) is 0 Å². The SMILES string of the molecule is NC1CC(c2cccc(C3CC3)c2)Oc2ccccc21. The van der Waals surface area contributed by atoms with Gasteiger partial charge in [0.25, 0.3) is 0 Å². The highest BCUT2D eigenvalue weighted by Gasteiger charge is 2.28. The fourth-order valence-electron chi connectivity index (χ4n) is 3.09. The second-order valence-corrected chi connectivity index (χ2v) is 5.93. The molecule has 2 heteroatoms. The number of benzene rings is 2. The van der Waals surface area contributed by atoms with Crippen LogP contribution in [0.4, 0.5) is 0 Å². The Balaban J connectivity index is 1.65. The van der Waals surface area contributed by atoms with Gasteiger partial charge in [0.15, 0.2) is 0 Å². The molecule has 2 unspecified atom stereocenters. The molecule has 2 atom stereocenters. The van der Waals surface area contributed by atoms with Gasteiger partial charge in [0, 0.05) is 18.0 Å². The second kappa shape index (κ2) is 4.64. The Morgan fingerprint density at radius 2 is 1.75 bits per heavy atom. The van der Waals surface area contributed by atoms with Crippen molar-refractivity contribution >= 4 is 0 Å². The summed E-state index contributed by atoms with van der Waals surface area (Å²) in [6.45, 7) is 0. The molecule has 1 fully saturated rings. The average Bonchev–Trinajstić information content (AvgIpc) is 3.32. The lowest BCUT2D eigenvalue weighted by Gasteiger charge is -2.30. The first-order valence-electron chi connectivity index (χ1n) is 7.42. The van der Waals surface area contributed by atoms with Gasteiger partial charge >= 0.3 is 0 Å². The van der Waals surface area contributed by atoms with Gasteiger partial charge in [0.2, 0.25) is 0 Å². The number of para-hydroxylation sites is 1. The van der Waals surface area contributed by atoms with Gasteiger partial charge in [-0.1, -0.05) is 42.5 Å². The molecule has 2 aliphatic rings. The van der Waals surface area contributed by atoms with E-state index in [4.69, 9.17) is 10.5 Å². The third-order valence-electron chi connectivity index (χ3n) is 4.39. The van der Waals surface area contributed by atoms with Gasteiger partial charge in [-0.3, -0.25) is 0 Å². The normalized spacial score (nSPS) is 24.9. The molecule has 0 bridgehead atoms. The van der Waals surface area contributed by atoms with Crippen molar-refractivity contribution in [3.05, 3.63) is 65.2 Å². The first-order chi connectivity index (χ1) is 9.81. The monoisotopic (exact) mass is 265 g/mol. The van der Waals surface area contributed by atoms with E-state index in [9.17, 15) is 0 Å². The first-order valence-corrected chi connectivity index (χ1v) is 7.42. The molecule has 0 saturated heterocycles. The molecule has 0 amide bonds. The first kappa shape index (κ1) is 12.0. The summed E-state index contributed by atoms with van der Waals surface area (Å²) in [5.74, 6) is 1.72. The van der Waals surface area contributed by atoms with Crippen LogP contribution >= 0.6 is 0 Å². The summed E-state index contributed by atoms with van der Waals surface area (Å²) in [6, 6.07) is 17.0. The van der Waals surface area contributed by atoms with Gasteiger partial charge in [0.05, 0.1) is 0 Å². The highest BCUT2D eigenvalue weighted by Crippen LogP contribution is 2.43. The third-order valence-corrected chi connectivity index (χ3v) is 4.39. The third kappa shape index (κ3) is 2.10. The van der Waals surface area contributed by atoms with Crippen LogP contribution in [0.15, 0.2) is 48.5 Å². The summed E-state index contributed by atoms with van der Waals surface area (Å²) in [4.78, 5) is 0. The zero-order chi connectivity index (χ0) is 13.5. The van der Waals surface area contributed by atoms with Gasteiger partial charge in [-0.25, -0.2) is 0 Å². The van der Waals surface area contributed by atoms with Gasteiger partial charge in [-0.15, -0.1) is 0 Å². The Morgan fingerprint density at radius 1 is 0.950 bits per heavy atom. The Bertz CT molecular complexity index is 633. The summed E-state index contributed by atoms with van der Waals surface area (Å²) in [6.07, 6.45) is 3.60. The molecule has 102 valence electrons. The van der Waals surface area contributed by atoms with Crippen LogP contribution in [0.1, 0.15) is 54.0 Å². The molecule has 20 heavy (non-hydrogen) atoms. The zero-order valence-electron chi connectivity index (χ0n) is 11.5. The van der Waals surface area contributed by atoms with E-state index in [-0.39, 0.29) is 12.1 Å². The topological polar surface area (TPSA) is 35.2 Å². The highest BCUT2D eigenvalue weighted by atomic mass is 16.5. The summed E-state index contributed by atoms with van der Waals surface area (Å²) in [7, 11) is 0. The molecule has 1 heterocycles. The van der Waals surface area contributed by atoms with Crippen LogP contribution in [0, 0.1) is 0 Å². The summed E-state index contributed by atoms with van der Waals surface area (Å²) < 4.78 is 6.16. The molecule has 2 nitrogen and oxygen atoms in total. The van der Waals surface area contributed by atoms with Crippen molar-refractivity contribution in [1.82, 2.24) is 0 Å². The van der Waals surface area contributed by atoms with Crippen LogP contribution in [0.3, 0.4) is 0 Å². The second-order valence-electron chi connectivity index (χ2n) is 5.93. The van der Waals surface area contributed by atoms with Crippen molar-refractivity contribution in [2.45, 2.75) is 37.3 Å². The molecule has 0 spiro atoms. The quantitative estimate of drug-likeness (QED) is 0.887. The van der Waals surface area contributed by atoms with Crippen LogP contribution < -0.4 is 10.5 Å².